The molecule has 1 heterocycles. The van der Waals surface area contributed by atoms with Gasteiger partial charge in [-0.2, -0.15) is 18.3 Å². The molecule has 2 N–H and O–H groups in total. The van der Waals surface area contributed by atoms with Crippen molar-refractivity contribution in [3.05, 3.63) is 52.6 Å². The van der Waals surface area contributed by atoms with Gasteiger partial charge < -0.3 is 5.32 Å². The number of H-pyrrole nitrogens is 1. The molecular formula is C15H15F4N3O. The molecule has 1 amide bonds. The highest BCUT2D eigenvalue weighted by Gasteiger charge is 2.35. The number of aromatic amines is 1. The summed E-state index contributed by atoms with van der Waals surface area (Å²) in [6.07, 6.45) is -1.94. The molecule has 0 aliphatic rings. The van der Waals surface area contributed by atoms with Crippen LogP contribution in [0.3, 0.4) is 0 Å². The molecule has 0 saturated heterocycles. The number of rotatable bonds is 5. The summed E-state index contributed by atoms with van der Waals surface area (Å²) in [6.45, 7) is 2.06. The van der Waals surface area contributed by atoms with Crippen LogP contribution < -0.4 is 5.32 Å². The Morgan fingerprint density at radius 2 is 2.09 bits per heavy atom. The number of nitrogens with zero attached hydrogens (tertiary/aromatic N) is 1. The van der Waals surface area contributed by atoms with Gasteiger partial charge in [0.05, 0.1) is 17.3 Å². The fraction of sp³-hybridized carbons (Fsp3) is 0.333. The average molecular weight is 329 g/mol. The normalized spacial score (nSPS) is 11.5. The minimum atomic E-state index is -4.79. The molecular weight excluding hydrogens is 314 g/mol. The number of amides is 1. The zero-order valence-corrected chi connectivity index (χ0v) is 12.3. The zero-order valence-electron chi connectivity index (χ0n) is 12.3. The fourth-order valence-electron chi connectivity index (χ4n) is 2.15. The number of aryl methyl sites for hydroxylation is 2. The molecule has 0 radical (unpaired) electrons. The number of benzene rings is 1. The van der Waals surface area contributed by atoms with Gasteiger partial charge in [-0.3, -0.25) is 9.89 Å². The van der Waals surface area contributed by atoms with Gasteiger partial charge >= 0.3 is 6.18 Å². The third-order valence-corrected chi connectivity index (χ3v) is 3.37. The van der Waals surface area contributed by atoms with E-state index in [0.717, 1.165) is 23.4 Å². The number of hydrogen-bond acceptors (Lipinski definition) is 2. The molecule has 8 heteroatoms. The minimum Gasteiger partial charge on any atom is -0.352 e. The Hall–Kier alpha value is -2.38. The van der Waals surface area contributed by atoms with Crippen molar-refractivity contribution in [2.24, 2.45) is 0 Å². The molecule has 0 aliphatic carbocycles. The number of hydrogen-bond donors (Lipinski definition) is 2. The summed E-state index contributed by atoms with van der Waals surface area (Å²) in [5, 5.41) is 9.05. The maximum absolute atomic E-state index is 13.0. The van der Waals surface area contributed by atoms with Gasteiger partial charge in [-0.05, 0) is 43.5 Å². The molecule has 0 atom stereocenters. The van der Waals surface area contributed by atoms with Crippen molar-refractivity contribution in [1.29, 1.82) is 0 Å². The van der Waals surface area contributed by atoms with E-state index in [9.17, 15) is 22.4 Å². The summed E-state index contributed by atoms with van der Waals surface area (Å²) in [5.74, 6) is -1.91. The van der Waals surface area contributed by atoms with E-state index in [1.54, 1.807) is 6.20 Å². The summed E-state index contributed by atoms with van der Waals surface area (Å²) in [4.78, 5) is 11.9. The van der Waals surface area contributed by atoms with Crippen LogP contribution in [-0.2, 0) is 12.6 Å². The third kappa shape index (κ3) is 4.30. The van der Waals surface area contributed by atoms with E-state index in [1.165, 1.54) is 0 Å². The van der Waals surface area contributed by atoms with Crippen molar-refractivity contribution in [2.75, 3.05) is 6.54 Å². The van der Waals surface area contributed by atoms with E-state index in [-0.39, 0.29) is 6.54 Å². The van der Waals surface area contributed by atoms with Crippen LogP contribution in [0.5, 0.6) is 0 Å². The van der Waals surface area contributed by atoms with Crippen molar-refractivity contribution in [3.8, 4) is 0 Å². The first-order valence-corrected chi connectivity index (χ1v) is 6.93. The predicted octanol–water partition coefficient (Wildman–Crippen LogP) is 3.24. The van der Waals surface area contributed by atoms with Gasteiger partial charge in [-0.1, -0.05) is 0 Å². The van der Waals surface area contributed by atoms with E-state index < -0.39 is 29.0 Å². The SMILES string of the molecule is Cc1[nH]ncc1CCCNC(=O)c1ccc(F)cc1C(F)(F)F. The highest BCUT2D eigenvalue weighted by molar-refractivity contribution is 5.95. The Morgan fingerprint density at radius 3 is 2.70 bits per heavy atom. The van der Waals surface area contributed by atoms with Crippen molar-refractivity contribution in [2.45, 2.75) is 25.9 Å². The van der Waals surface area contributed by atoms with E-state index in [1.807, 2.05) is 6.92 Å². The van der Waals surface area contributed by atoms with E-state index in [4.69, 9.17) is 0 Å². The molecule has 0 saturated carbocycles. The highest BCUT2D eigenvalue weighted by atomic mass is 19.4. The molecule has 4 nitrogen and oxygen atoms in total. The number of halogens is 4. The minimum absolute atomic E-state index is 0.206. The Labute approximate surface area is 129 Å². The lowest BCUT2D eigenvalue weighted by Gasteiger charge is -2.13. The van der Waals surface area contributed by atoms with Crippen molar-refractivity contribution < 1.29 is 22.4 Å². The smallest absolute Gasteiger partial charge is 0.352 e. The second-order valence-corrected chi connectivity index (χ2v) is 5.07. The Kier molecular flexibility index (Phi) is 5.02. The summed E-state index contributed by atoms with van der Waals surface area (Å²) in [6, 6.07) is 2.00. The van der Waals surface area contributed by atoms with Gasteiger partial charge in [0, 0.05) is 12.2 Å². The molecule has 2 rings (SSSR count). The highest BCUT2D eigenvalue weighted by Crippen LogP contribution is 2.32. The summed E-state index contributed by atoms with van der Waals surface area (Å²) >= 11 is 0. The van der Waals surface area contributed by atoms with Gasteiger partial charge in [0.1, 0.15) is 5.82 Å². The van der Waals surface area contributed by atoms with Gasteiger partial charge in [0.25, 0.3) is 5.91 Å². The van der Waals surface area contributed by atoms with Gasteiger partial charge in [0.15, 0.2) is 0 Å². The van der Waals surface area contributed by atoms with Crippen LogP contribution in [0.1, 0.15) is 33.6 Å². The second-order valence-electron chi connectivity index (χ2n) is 5.07. The molecule has 23 heavy (non-hydrogen) atoms. The van der Waals surface area contributed by atoms with Crippen molar-refractivity contribution in [1.82, 2.24) is 15.5 Å². The number of carbonyl (C=O) groups excluding carboxylic acids is 1. The first-order chi connectivity index (χ1) is 10.8. The zero-order chi connectivity index (χ0) is 17.0. The molecule has 0 bridgehead atoms. The molecule has 1 aromatic carbocycles. The van der Waals surface area contributed by atoms with Crippen LogP contribution in [0.4, 0.5) is 17.6 Å². The Balaban J connectivity index is 1.97. The van der Waals surface area contributed by atoms with E-state index >= 15 is 0 Å². The Morgan fingerprint density at radius 1 is 1.35 bits per heavy atom. The molecule has 1 aromatic heterocycles. The maximum Gasteiger partial charge on any atom is 0.417 e. The number of alkyl halides is 3. The van der Waals surface area contributed by atoms with Crippen LogP contribution in [0, 0.1) is 12.7 Å². The van der Waals surface area contributed by atoms with Crippen LogP contribution in [0.15, 0.2) is 24.4 Å². The largest absolute Gasteiger partial charge is 0.417 e. The molecule has 0 aliphatic heterocycles. The van der Waals surface area contributed by atoms with Crippen molar-refractivity contribution >= 4 is 5.91 Å². The Bertz CT molecular complexity index is 694. The number of aromatic nitrogens is 2. The molecule has 0 fully saturated rings. The summed E-state index contributed by atoms with van der Waals surface area (Å²) in [7, 11) is 0. The van der Waals surface area contributed by atoms with E-state index in [0.29, 0.717) is 18.9 Å². The number of nitrogens with one attached hydrogen (secondary N) is 2. The first-order valence-electron chi connectivity index (χ1n) is 6.93. The maximum atomic E-state index is 13.0. The molecule has 2 aromatic rings. The van der Waals surface area contributed by atoms with Crippen LogP contribution in [0.2, 0.25) is 0 Å². The lowest BCUT2D eigenvalue weighted by Crippen LogP contribution is -2.27. The second kappa shape index (κ2) is 6.80. The standard InChI is InChI=1S/C15H15F4N3O/c1-9-10(8-21-22-9)3-2-6-20-14(23)12-5-4-11(16)7-13(12)15(17,18)19/h4-5,7-8H,2-3,6H2,1H3,(H,20,23)(H,21,22). The molecule has 124 valence electrons. The fourth-order valence-corrected chi connectivity index (χ4v) is 2.15. The monoisotopic (exact) mass is 329 g/mol. The summed E-state index contributed by atoms with van der Waals surface area (Å²) < 4.78 is 51.6. The predicted molar refractivity (Wildman–Crippen MR) is 75.4 cm³/mol. The number of carbonyl (C=O) groups is 1. The molecule has 0 spiro atoms. The first kappa shape index (κ1) is 17.0. The lowest BCUT2D eigenvalue weighted by molar-refractivity contribution is -0.138. The van der Waals surface area contributed by atoms with E-state index in [2.05, 4.69) is 15.5 Å². The van der Waals surface area contributed by atoms with Gasteiger partial charge in [-0.25, -0.2) is 4.39 Å². The molecule has 0 unspecified atom stereocenters. The average Bonchev–Trinajstić information content (AvgIpc) is 2.88. The summed E-state index contributed by atoms with van der Waals surface area (Å²) in [5.41, 5.74) is 0.0327. The van der Waals surface area contributed by atoms with Crippen LogP contribution in [0.25, 0.3) is 0 Å². The van der Waals surface area contributed by atoms with Gasteiger partial charge in [0.2, 0.25) is 0 Å². The van der Waals surface area contributed by atoms with Crippen molar-refractivity contribution in [3.63, 3.8) is 0 Å². The van der Waals surface area contributed by atoms with Crippen LogP contribution >= 0.6 is 0 Å². The topological polar surface area (TPSA) is 57.8 Å². The quantitative estimate of drug-likeness (QED) is 0.653. The van der Waals surface area contributed by atoms with Crippen LogP contribution in [-0.4, -0.2) is 22.6 Å². The lowest BCUT2D eigenvalue weighted by atomic mass is 10.1. The van der Waals surface area contributed by atoms with Gasteiger partial charge in [-0.15, -0.1) is 0 Å². The third-order valence-electron chi connectivity index (χ3n) is 3.37.